The Balaban J connectivity index is 1.86. The molecule has 3 atom stereocenters. The van der Waals surface area contributed by atoms with Crippen LogP contribution in [0.15, 0.2) is 77.7 Å². The van der Waals surface area contributed by atoms with Gasteiger partial charge in [0.1, 0.15) is 16.4 Å². The summed E-state index contributed by atoms with van der Waals surface area (Å²) in [6, 6.07) is 19.8. The van der Waals surface area contributed by atoms with Gasteiger partial charge >= 0.3 is 5.97 Å². The highest BCUT2D eigenvalue weighted by Crippen LogP contribution is 2.52. The zero-order chi connectivity index (χ0) is 24.2. The van der Waals surface area contributed by atoms with E-state index in [2.05, 4.69) is 0 Å². The second-order valence-electron chi connectivity index (χ2n) is 7.39. The molecular weight excluding hydrogens is 460 g/mol. The summed E-state index contributed by atoms with van der Waals surface area (Å²) in [5, 5.41) is 21.7. The van der Waals surface area contributed by atoms with Crippen molar-refractivity contribution in [3.05, 3.63) is 94.0 Å². The number of ether oxygens (including phenoxy) is 3. The average Bonchev–Trinajstić information content (AvgIpc) is 3.23. The molecule has 1 aliphatic heterocycles. The Morgan fingerprint density at radius 2 is 1.76 bits per heavy atom. The van der Waals surface area contributed by atoms with Gasteiger partial charge in [-0.2, -0.15) is 0 Å². The number of benzene rings is 3. The first kappa shape index (κ1) is 23.6. The number of aliphatic carboxylic acids is 1. The van der Waals surface area contributed by atoms with Crippen LogP contribution in [0.25, 0.3) is 0 Å². The number of carboxylic acids is 1. The lowest BCUT2D eigenvalue weighted by Gasteiger charge is -2.28. The third kappa shape index (κ3) is 4.56. The summed E-state index contributed by atoms with van der Waals surface area (Å²) in [6.45, 7) is 0. The van der Waals surface area contributed by atoms with Gasteiger partial charge in [-0.1, -0.05) is 42.5 Å². The lowest BCUT2D eigenvalue weighted by atomic mass is 10.0. The molecule has 0 bridgehead atoms. The van der Waals surface area contributed by atoms with Gasteiger partial charge in [-0.25, -0.2) is 9.10 Å². The van der Waals surface area contributed by atoms with Crippen molar-refractivity contribution in [3.8, 4) is 11.5 Å². The van der Waals surface area contributed by atoms with Gasteiger partial charge in [0.05, 0.1) is 25.2 Å². The van der Waals surface area contributed by atoms with E-state index in [9.17, 15) is 20.0 Å². The Kier molecular flexibility index (Phi) is 7.01. The van der Waals surface area contributed by atoms with Crippen molar-refractivity contribution in [2.75, 3.05) is 14.2 Å². The molecule has 3 aromatic carbocycles. The molecule has 0 aliphatic carbocycles. The van der Waals surface area contributed by atoms with Crippen LogP contribution in [-0.2, 0) is 9.53 Å². The van der Waals surface area contributed by atoms with E-state index in [4.69, 9.17) is 14.2 Å². The molecule has 1 N–H and O–H groups in total. The van der Waals surface area contributed by atoms with E-state index in [-0.39, 0.29) is 5.69 Å². The standard InChI is InChI=1S/C24H22N2O7S/c1-31-16-12-13-17(19(14-16)32-2)23-25(34-20-11-7-6-10-18(20)26(29)30)21(22(33-23)24(27)28)15-8-4-3-5-9-15/h3-14,21-23H,1-2H3,(H,27,28)/t21-,22+,23?/m0/s1. The van der Waals surface area contributed by atoms with Crippen molar-refractivity contribution < 1.29 is 29.0 Å². The van der Waals surface area contributed by atoms with Crippen LogP contribution in [0.2, 0.25) is 0 Å². The molecule has 176 valence electrons. The van der Waals surface area contributed by atoms with E-state index in [0.29, 0.717) is 27.5 Å². The number of nitro groups is 1. The zero-order valence-corrected chi connectivity index (χ0v) is 19.2. The van der Waals surface area contributed by atoms with Crippen LogP contribution in [0.5, 0.6) is 11.5 Å². The largest absolute Gasteiger partial charge is 0.497 e. The third-order valence-electron chi connectivity index (χ3n) is 5.42. The quantitative estimate of drug-likeness (QED) is 0.274. The molecule has 34 heavy (non-hydrogen) atoms. The molecule has 0 radical (unpaired) electrons. The number of hydrogen-bond donors (Lipinski definition) is 1. The first-order chi connectivity index (χ1) is 16.4. The number of methoxy groups -OCH3 is 2. The van der Waals surface area contributed by atoms with Gasteiger partial charge in [-0.3, -0.25) is 10.1 Å². The maximum atomic E-state index is 12.3. The minimum absolute atomic E-state index is 0.0847. The van der Waals surface area contributed by atoms with Crippen molar-refractivity contribution >= 4 is 23.6 Å². The Morgan fingerprint density at radius 1 is 1.06 bits per heavy atom. The molecule has 4 rings (SSSR count). The van der Waals surface area contributed by atoms with Gasteiger partial charge in [-0.15, -0.1) is 0 Å². The Morgan fingerprint density at radius 3 is 2.41 bits per heavy atom. The Hall–Kier alpha value is -3.60. The van der Waals surface area contributed by atoms with Crippen LogP contribution in [-0.4, -0.2) is 40.6 Å². The van der Waals surface area contributed by atoms with E-state index >= 15 is 0 Å². The topological polar surface area (TPSA) is 111 Å². The molecule has 9 nitrogen and oxygen atoms in total. The van der Waals surface area contributed by atoms with Gasteiger partial charge in [0.25, 0.3) is 5.69 Å². The van der Waals surface area contributed by atoms with E-state index in [0.717, 1.165) is 11.9 Å². The summed E-state index contributed by atoms with van der Waals surface area (Å²) in [6.07, 6.45) is -2.11. The molecule has 10 heteroatoms. The monoisotopic (exact) mass is 482 g/mol. The molecule has 3 aromatic rings. The maximum Gasteiger partial charge on any atom is 0.334 e. The van der Waals surface area contributed by atoms with Crippen LogP contribution < -0.4 is 9.47 Å². The minimum atomic E-state index is -1.23. The third-order valence-corrected chi connectivity index (χ3v) is 6.60. The van der Waals surface area contributed by atoms with Crippen molar-refractivity contribution in [1.29, 1.82) is 0 Å². The molecule has 0 spiro atoms. The predicted molar refractivity (Wildman–Crippen MR) is 125 cm³/mol. The highest BCUT2D eigenvalue weighted by molar-refractivity contribution is 7.97. The second kappa shape index (κ2) is 10.1. The SMILES string of the molecule is COc1ccc(C2O[C@@H](C(=O)O)[C@H](c3ccccc3)N2Sc2ccccc2[N+](=O)[O-])c(OC)c1. The van der Waals surface area contributed by atoms with Crippen molar-refractivity contribution in [2.24, 2.45) is 0 Å². The van der Waals surface area contributed by atoms with Crippen LogP contribution in [0, 0.1) is 10.1 Å². The number of nitrogens with zero attached hydrogens (tertiary/aromatic N) is 2. The fourth-order valence-electron chi connectivity index (χ4n) is 3.85. The normalized spacial score (nSPS) is 20.1. The van der Waals surface area contributed by atoms with Crippen LogP contribution in [0.1, 0.15) is 23.4 Å². The predicted octanol–water partition coefficient (Wildman–Crippen LogP) is 4.84. The fraction of sp³-hybridized carbons (Fsp3) is 0.208. The summed E-state index contributed by atoms with van der Waals surface area (Å²) in [4.78, 5) is 23.8. The average molecular weight is 483 g/mol. The molecule has 1 aliphatic rings. The van der Waals surface area contributed by atoms with Gasteiger partial charge in [0.2, 0.25) is 0 Å². The van der Waals surface area contributed by atoms with E-state index in [1.807, 2.05) is 30.3 Å². The second-order valence-corrected chi connectivity index (χ2v) is 8.43. The molecule has 1 fully saturated rings. The molecule has 1 heterocycles. The highest BCUT2D eigenvalue weighted by atomic mass is 32.2. The first-order valence-corrected chi connectivity index (χ1v) is 11.1. The number of hydrogen-bond acceptors (Lipinski definition) is 8. The number of carbonyl (C=O) groups is 1. The number of para-hydroxylation sites is 1. The van der Waals surface area contributed by atoms with E-state index in [1.165, 1.54) is 20.3 Å². The Labute approximate surface area is 200 Å². The number of rotatable bonds is 8. The molecule has 0 aromatic heterocycles. The molecular formula is C24H22N2O7S. The summed E-state index contributed by atoms with van der Waals surface area (Å²) in [5.74, 6) is -0.141. The van der Waals surface area contributed by atoms with E-state index in [1.54, 1.807) is 40.7 Å². The van der Waals surface area contributed by atoms with Gasteiger partial charge in [-0.05, 0) is 35.7 Å². The minimum Gasteiger partial charge on any atom is -0.497 e. The summed E-state index contributed by atoms with van der Waals surface area (Å²) < 4.78 is 18.7. The lowest BCUT2D eigenvalue weighted by molar-refractivity contribution is -0.387. The molecule has 0 amide bonds. The highest BCUT2D eigenvalue weighted by Gasteiger charge is 2.49. The zero-order valence-electron chi connectivity index (χ0n) is 18.4. The lowest BCUT2D eigenvalue weighted by Crippen LogP contribution is -2.29. The molecule has 1 saturated heterocycles. The molecule has 1 unspecified atom stereocenters. The summed E-state index contributed by atoms with van der Waals surface area (Å²) >= 11 is 1.08. The number of nitro benzene ring substituents is 1. The van der Waals surface area contributed by atoms with Crippen LogP contribution >= 0.6 is 11.9 Å². The summed E-state index contributed by atoms with van der Waals surface area (Å²) in [5.41, 5.74) is 1.19. The van der Waals surface area contributed by atoms with E-state index < -0.39 is 29.3 Å². The molecule has 0 saturated carbocycles. The first-order valence-electron chi connectivity index (χ1n) is 10.3. The maximum absolute atomic E-state index is 12.3. The Bertz CT molecular complexity index is 1190. The smallest absolute Gasteiger partial charge is 0.334 e. The van der Waals surface area contributed by atoms with Crippen molar-refractivity contribution in [1.82, 2.24) is 4.31 Å². The number of carboxylic acid groups (broad SMARTS) is 1. The van der Waals surface area contributed by atoms with Crippen LogP contribution in [0.3, 0.4) is 0 Å². The van der Waals surface area contributed by atoms with Gasteiger partial charge < -0.3 is 19.3 Å². The van der Waals surface area contributed by atoms with Crippen LogP contribution in [0.4, 0.5) is 5.69 Å². The van der Waals surface area contributed by atoms with Gasteiger partial charge in [0.15, 0.2) is 12.3 Å². The van der Waals surface area contributed by atoms with Crippen molar-refractivity contribution in [2.45, 2.75) is 23.3 Å². The van der Waals surface area contributed by atoms with Crippen molar-refractivity contribution in [3.63, 3.8) is 0 Å². The van der Waals surface area contributed by atoms with Gasteiger partial charge in [0, 0.05) is 17.7 Å². The fourth-order valence-corrected chi connectivity index (χ4v) is 5.06. The summed E-state index contributed by atoms with van der Waals surface area (Å²) in [7, 11) is 3.03.